The third-order valence-corrected chi connectivity index (χ3v) is 9.44. The Kier molecular flexibility index (Phi) is 7.02. The average molecular weight is 628 g/mol. The van der Waals surface area contributed by atoms with Crippen molar-refractivity contribution in [1.82, 2.24) is 4.98 Å². The molecular weight excluding hydrogens is 595 g/mol. The standard InChI is InChI=1S/C46H33N3/c1-32-30-41(33-14-6-2-7-15-33)46(47-31-32)49(38-20-12-5-13-21-38)43-29-25-35-22-26-39-42(28-24-34-23-27-40(43)45(35)44(34)39)48(36-16-8-3-9-17-36)37-18-10-4-11-19-37/h2-31H,1H3. The van der Waals surface area contributed by atoms with E-state index in [0.29, 0.717) is 0 Å². The molecule has 49 heavy (non-hydrogen) atoms. The third-order valence-electron chi connectivity index (χ3n) is 9.44. The van der Waals surface area contributed by atoms with Crippen molar-refractivity contribution in [3.8, 4) is 11.1 Å². The molecule has 0 bridgehead atoms. The lowest BCUT2D eigenvalue weighted by molar-refractivity contribution is 1.17. The molecule has 9 aromatic rings. The van der Waals surface area contributed by atoms with Crippen molar-refractivity contribution in [2.24, 2.45) is 0 Å². The molecule has 0 aliphatic rings. The zero-order valence-electron chi connectivity index (χ0n) is 27.2. The van der Waals surface area contributed by atoms with Crippen LogP contribution < -0.4 is 9.80 Å². The maximum atomic E-state index is 5.14. The van der Waals surface area contributed by atoms with Crippen LogP contribution >= 0.6 is 0 Å². The number of pyridine rings is 1. The topological polar surface area (TPSA) is 19.4 Å². The first-order valence-electron chi connectivity index (χ1n) is 16.7. The monoisotopic (exact) mass is 627 g/mol. The van der Waals surface area contributed by atoms with Crippen molar-refractivity contribution in [1.29, 1.82) is 0 Å². The van der Waals surface area contributed by atoms with Crippen LogP contribution in [-0.4, -0.2) is 4.98 Å². The van der Waals surface area contributed by atoms with Gasteiger partial charge < -0.3 is 4.90 Å². The maximum absolute atomic E-state index is 5.14. The second kappa shape index (κ2) is 12.0. The fourth-order valence-corrected chi connectivity index (χ4v) is 7.26. The van der Waals surface area contributed by atoms with Crippen LogP contribution in [0.15, 0.2) is 182 Å². The van der Waals surface area contributed by atoms with Crippen molar-refractivity contribution in [3.05, 3.63) is 188 Å². The SMILES string of the molecule is Cc1cnc(N(c2ccccc2)c2ccc3ccc4c(N(c5ccccc5)c5ccccc5)ccc5ccc2c3c54)c(-c2ccccc2)c1. The lowest BCUT2D eigenvalue weighted by Gasteiger charge is -2.29. The lowest BCUT2D eigenvalue weighted by Crippen LogP contribution is -2.14. The predicted octanol–water partition coefficient (Wildman–Crippen LogP) is 12.9. The summed E-state index contributed by atoms with van der Waals surface area (Å²) < 4.78 is 0. The Hall–Kier alpha value is -6.45. The number of anilines is 6. The van der Waals surface area contributed by atoms with E-state index in [4.69, 9.17) is 4.98 Å². The van der Waals surface area contributed by atoms with E-state index in [9.17, 15) is 0 Å². The van der Waals surface area contributed by atoms with E-state index in [-0.39, 0.29) is 0 Å². The summed E-state index contributed by atoms with van der Waals surface area (Å²) in [5.41, 5.74) is 8.91. The minimum Gasteiger partial charge on any atom is -0.310 e. The third kappa shape index (κ3) is 4.95. The fourth-order valence-electron chi connectivity index (χ4n) is 7.26. The van der Waals surface area contributed by atoms with Gasteiger partial charge in [0.05, 0.1) is 11.4 Å². The molecule has 1 aromatic heterocycles. The molecule has 0 fully saturated rings. The first-order chi connectivity index (χ1) is 24.2. The van der Waals surface area contributed by atoms with Crippen molar-refractivity contribution >= 4 is 66.6 Å². The summed E-state index contributed by atoms with van der Waals surface area (Å²) in [6.07, 6.45) is 1.97. The van der Waals surface area contributed by atoms with Gasteiger partial charge in [-0.15, -0.1) is 0 Å². The van der Waals surface area contributed by atoms with Gasteiger partial charge in [-0.3, -0.25) is 4.90 Å². The van der Waals surface area contributed by atoms with Gasteiger partial charge in [0.15, 0.2) is 0 Å². The van der Waals surface area contributed by atoms with Crippen molar-refractivity contribution in [3.63, 3.8) is 0 Å². The van der Waals surface area contributed by atoms with Crippen molar-refractivity contribution < 1.29 is 0 Å². The van der Waals surface area contributed by atoms with Crippen LogP contribution in [0.2, 0.25) is 0 Å². The highest BCUT2D eigenvalue weighted by atomic mass is 15.2. The number of hydrogen-bond donors (Lipinski definition) is 0. The molecule has 9 rings (SSSR count). The quantitative estimate of drug-likeness (QED) is 0.164. The number of nitrogens with zero attached hydrogens (tertiary/aromatic N) is 3. The summed E-state index contributed by atoms with van der Waals surface area (Å²) in [5.74, 6) is 0.901. The van der Waals surface area contributed by atoms with Gasteiger partial charge in [-0.1, -0.05) is 121 Å². The number of rotatable bonds is 7. The van der Waals surface area contributed by atoms with Crippen LogP contribution in [0, 0.1) is 6.92 Å². The van der Waals surface area contributed by atoms with Gasteiger partial charge in [0.25, 0.3) is 0 Å². The molecule has 0 saturated heterocycles. The Morgan fingerprint density at radius 3 is 1.37 bits per heavy atom. The van der Waals surface area contributed by atoms with Crippen LogP contribution in [0.25, 0.3) is 43.4 Å². The zero-order chi connectivity index (χ0) is 32.7. The molecule has 0 unspecified atom stereocenters. The van der Waals surface area contributed by atoms with Crippen LogP contribution in [-0.2, 0) is 0 Å². The second-order valence-corrected chi connectivity index (χ2v) is 12.5. The van der Waals surface area contributed by atoms with E-state index in [1.165, 1.54) is 32.3 Å². The van der Waals surface area contributed by atoms with Crippen LogP contribution in [0.5, 0.6) is 0 Å². The predicted molar refractivity (Wildman–Crippen MR) is 207 cm³/mol. The molecule has 0 aliphatic heterocycles. The second-order valence-electron chi connectivity index (χ2n) is 12.5. The molecule has 0 spiro atoms. The van der Waals surface area contributed by atoms with Gasteiger partial charge in [0.2, 0.25) is 0 Å². The molecule has 232 valence electrons. The van der Waals surface area contributed by atoms with Gasteiger partial charge in [-0.2, -0.15) is 0 Å². The Morgan fingerprint density at radius 1 is 0.429 bits per heavy atom. The Morgan fingerprint density at radius 2 is 0.857 bits per heavy atom. The van der Waals surface area contributed by atoms with Crippen LogP contribution in [0.4, 0.5) is 34.3 Å². The normalized spacial score (nSPS) is 11.4. The van der Waals surface area contributed by atoms with E-state index in [1.807, 2.05) is 6.20 Å². The maximum Gasteiger partial charge on any atom is 0.145 e. The summed E-state index contributed by atoms with van der Waals surface area (Å²) in [4.78, 5) is 9.84. The fraction of sp³-hybridized carbons (Fsp3) is 0.0217. The van der Waals surface area contributed by atoms with E-state index in [0.717, 1.165) is 50.9 Å². The molecule has 0 amide bonds. The van der Waals surface area contributed by atoms with Crippen LogP contribution in [0.1, 0.15) is 5.56 Å². The Labute approximate surface area is 286 Å². The van der Waals surface area contributed by atoms with Crippen molar-refractivity contribution in [2.75, 3.05) is 9.80 Å². The number of para-hydroxylation sites is 3. The summed E-state index contributed by atoms with van der Waals surface area (Å²) in [5, 5.41) is 7.35. The van der Waals surface area contributed by atoms with Gasteiger partial charge in [-0.25, -0.2) is 4.98 Å². The average Bonchev–Trinajstić information content (AvgIpc) is 3.17. The summed E-state index contributed by atoms with van der Waals surface area (Å²) in [7, 11) is 0. The number of aryl methyl sites for hydroxylation is 1. The first-order valence-corrected chi connectivity index (χ1v) is 16.7. The van der Waals surface area contributed by atoms with Crippen molar-refractivity contribution in [2.45, 2.75) is 6.92 Å². The van der Waals surface area contributed by atoms with Gasteiger partial charge in [0, 0.05) is 39.6 Å². The van der Waals surface area contributed by atoms with Gasteiger partial charge in [-0.05, 0) is 94.2 Å². The highest BCUT2D eigenvalue weighted by molar-refractivity contribution is 6.28. The smallest absolute Gasteiger partial charge is 0.145 e. The number of hydrogen-bond acceptors (Lipinski definition) is 3. The highest BCUT2D eigenvalue weighted by Crippen LogP contribution is 2.48. The number of aromatic nitrogens is 1. The first kappa shape index (κ1) is 28.7. The molecule has 0 radical (unpaired) electrons. The largest absolute Gasteiger partial charge is 0.310 e. The molecule has 0 N–H and O–H groups in total. The lowest BCUT2D eigenvalue weighted by atomic mass is 9.91. The van der Waals surface area contributed by atoms with Gasteiger partial charge in [0.1, 0.15) is 5.82 Å². The minimum atomic E-state index is 0.901. The van der Waals surface area contributed by atoms with Crippen LogP contribution in [0.3, 0.4) is 0 Å². The molecule has 0 saturated carbocycles. The molecule has 8 aromatic carbocycles. The Balaban J connectivity index is 1.33. The number of benzene rings is 8. The minimum absolute atomic E-state index is 0.901. The van der Waals surface area contributed by atoms with E-state index < -0.39 is 0 Å². The molecule has 0 atom stereocenters. The molecule has 1 heterocycles. The van der Waals surface area contributed by atoms with E-state index in [2.05, 4.69) is 193 Å². The molecule has 0 aliphatic carbocycles. The summed E-state index contributed by atoms with van der Waals surface area (Å²) in [6, 6.07) is 62.9. The summed E-state index contributed by atoms with van der Waals surface area (Å²) in [6.45, 7) is 2.11. The van der Waals surface area contributed by atoms with E-state index in [1.54, 1.807) is 0 Å². The molecule has 3 nitrogen and oxygen atoms in total. The van der Waals surface area contributed by atoms with Gasteiger partial charge >= 0.3 is 0 Å². The molecule has 3 heteroatoms. The highest BCUT2D eigenvalue weighted by Gasteiger charge is 2.23. The summed E-state index contributed by atoms with van der Waals surface area (Å²) >= 11 is 0. The zero-order valence-corrected chi connectivity index (χ0v) is 27.2. The van der Waals surface area contributed by atoms with E-state index >= 15 is 0 Å². The molecular formula is C46H33N3. The Bertz CT molecular complexity index is 2510.